The first-order valence-electron chi connectivity index (χ1n) is 7.24. The standard InChI is InChI=1S/C17H21BrN2O/c1-2-20(13-14-7-10-19-11-8-14)12-9-17(21)15-5-3-4-6-16(15)18/h3-8,10-11,17,21H,2,9,12-13H2,1H3. The van der Waals surface area contributed by atoms with Crippen LogP contribution in [0.15, 0.2) is 53.3 Å². The van der Waals surface area contributed by atoms with Crippen molar-refractivity contribution in [3.8, 4) is 0 Å². The van der Waals surface area contributed by atoms with E-state index < -0.39 is 6.10 Å². The highest BCUT2D eigenvalue weighted by Gasteiger charge is 2.12. The van der Waals surface area contributed by atoms with E-state index in [0.29, 0.717) is 0 Å². The Bertz CT molecular complexity index is 547. The molecule has 1 aromatic carbocycles. The molecule has 0 saturated heterocycles. The highest BCUT2D eigenvalue weighted by molar-refractivity contribution is 9.10. The van der Waals surface area contributed by atoms with E-state index in [1.165, 1.54) is 5.56 Å². The number of rotatable bonds is 7. The molecule has 1 atom stereocenters. The van der Waals surface area contributed by atoms with Crippen molar-refractivity contribution < 1.29 is 5.11 Å². The third kappa shape index (κ3) is 4.92. The molecule has 0 amide bonds. The largest absolute Gasteiger partial charge is 0.388 e. The van der Waals surface area contributed by atoms with Crippen molar-refractivity contribution in [1.29, 1.82) is 0 Å². The SMILES string of the molecule is CCN(CCC(O)c1ccccc1Br)Cc1ccncc1. The monoisotopic (exact) mass is 348 g/mol. The van der Waals surface area contributed by atoms with Crippen LogP contribution in [-0.2, 0) is 6.54 Å². The van der Waals surface area contributed by atoms with Crippen LogP contribution in [0.4, 0.5) is 0 Å². The Kier molecular flexibility index (Phi) is 6.36. The molecular formula is C17H21BrN2O. The molecule has 1 heterocycles. The summed E-state index contributed by atoms with van der Waals surface area (Å²) in [5.41, 5.74) is 2.21. The summed E-state index contributed by atoms with van der Waals surface area (Å²) in [6.45, 7) is 4.86. The molecule has 1 unspecified atom stereocenters. The zero-order valence-corrected chi connectivity index (χ0v) is 13.8. The number of nitrogens with zero attached hydrogens (tertiary/aromatic N) is 2. The predicted molar refractivity (Wildman–Crippen MR) is 88.9 cm³/mol. The summed E-state index contributed by atoms with van der Waals surface area (Å²) in [4.78, 5) is 6.37. The van der Waals surface area contributed by atoms with E-state index in [-0.39, 0.29) is 0 Å². The minimum atomic E-state index is -0.438. The maximum absolute atomic E-state index is 10.3. The Morgan fingerprint density at radius 1 is 1.19 bits per heavy atom. The molecule has 0 saturated carbocycles. The van der Waals surface area contributed by atoms with Crippen LogP contribution in [0.3, 0.4) is 0 Å². The molecular weight excluding hydrogens is 328 g/mol. The van der Waals surface area contributed by atoms with Gasteiger partial charge in [0.2, 0.25) is 0 Å². The van der Waals surface area contributed by atoms with E-state index in [4.69, 9.17) is 0 Å². The predicted octanol–water partition coefficient (Wildman–Crippen LogP) is 3.79. The van der Waals surface area contributed by atoms with Crippen LogP contribution in [0.1, 0.15) is 30.6 Å². The van der Waals surface area contributed by atoms with Crippen molar-refractivity contribution in [2.75, 3.05) is 13.1 Å². The van der Waals surface area contributed by atoms with Crippen molar-refractivity contribution in [3.05, 3.63) is 64.4 Å². The van der Waals surface area contributed by atoms with Gasteiger partial charge in [0.15, 0.2) is 0 Å². The molecule has 0 fully saturated rings. The molecule has 3 nitrogen and oxygen atoms in total. The summed E-state index contributed by atoms with van der Waals surface area (Å²) in [6, 6.07) is 11.9. The van der Waals surface area contributed by atoms with Gasteiger partial charge in [-0.2, -0.15) is 0 Å². The number of pyridine rings is 1. The number of benzene rings is 1. The van der Waals surface area contributed by atoms with Crippen LogP contribution in [0.2, 0.25) is 0 Å². The van der Waals surface area contributed by atoms with Crippen LogP contribution in [0, 0.1) is 0 Å². The van der Waals surface area contributed by atoms with E-state index >= 15 is 0 Å². The van der Waals surface area contributed by atoms with Gasteiger partial charge < -0.3 is 5.11 Å². The zero-order valence-electron chi connectivity index (χ0n) is 12.2. The maximum atomic E-state index is 10.3. The second-order valence-corrected chi connectivity index (χ2v) is 5.90. The number of aromatic nitrogens is 1. The maximum Gasteiger partial charge on any atom is 0.0813 e. The topological polar surface area (TPSA) is 36.4 Å². The van der Waals surface area contributed by atoms with Crippen LogP contribution in [0.5, 0.6) is 0 Å². The molecule has 2 aromatic rings. The van der Waals surface area contributed by atoms with E-state index in [1.54, 1.807) is 0 Å². The molecule has 0 spiro atoms. The molecule has 0 bridgehead atoms. The number of aliphatic hydroxyl groups is 1. The van der Waals surface area contributed by atoms with Gasteiger partial charge in [0, 0.05) is 30.0 Å². The summed E-state index contributed by atoms with van der Waals surface area (Å²) in [6.07, 6.45) is 3.92. The van der Waals surface area contributed by atoms with E-state index in [9.17, 15) is 5.11 Å². The highest BCUT2D eigenvalue weighted by Crippen LogP contribution is 2.25. The first-order chi connectivity index (χ1) is 10.2. The lowest BCUT2D eigenvalue weighted by Gasteiger charge is -2.22. The van der Waals surface area contributed by atoms with Crippen LogP contribution in [-0.4, -0.2) is 28.1 Å². The zero-order chi connectivity index (χ0) is 15.1. The minimum absolute atomic E-state index is 0.438. The van der Waals surface area contributed by atoms with Gasteiger partial charge in [-0.05, 0) is 42.3 Å². The van der Waals surface area contributed by atoms with Crippen molar-refractivity contribution in [3.63, 3.8) is 0 Å². The Morgan fingerprint density at radius 3 is 2.57 bits per heavy atom. The van der Waals surface area contributed by atoms with Crippen molar-refractivity contribution >= 4 is 15.9 Å². The Hall–Kier alpha value is -1.23. The summed E-state index contributed by atoms with van der Waals surface area (Å²) in [5.74, 6) is 0. The summed E-state index contributed by atoms with van der Waals surface area (Å²) >= 11 is 3.49. The fourth-order valence-electron chi connectivity index (χ4n) is 2.30. The Labute approximate surface area is 134 Å². The van der Waals surface area contributed by atoms with Gasteiger partial charge >= 0.3 is 0 Å². The van der Waals surface area contributed by atoms with Gasteiger partial charge in [-0.1, -0.05) is 41.1 Å². The van der Waals surface area contributed by atoms with Gasteiger partial charge in [0.1, 0.15) is 0 Å². The van der Waals surface area contributed by atoms with Gasteiger partial charge in [0.25, 0.3) is 0 Å². The molecule has 1 aromatic heterocycles. The molecule has 0 radical (unpaired) electrons. The second-order valence-electron chi connectivity index (χ2n) is 5.05. The average Bonchev–Trinajstić information content (AvgIpc) is 2.52. The lowest BCUT2D eigenvalue weighted by molar-refractivity contribution is 0.141. The van der Waals surface area contributed by atoms with Gasteiger partial charge in [-0.25, -0.2) is 0 Å². The van der Waals surface area contributed by atoms with Gasteiger partial charge in [-0.15, -0.1) is 0 Å². The smallest absolute Gasteiger partial charge is 0.0813 e. The molecule has 2 rings (SSSR count). The van der Waals surface area contributed by atoms with E-state index in [2.05, 4.69) is 32.7 Å². The fourth-order valence-corrected chi connectivity index (χ4v) is 2.85. The summed E-state index contributed by atoms with van der Waals surface area (Å²) in [5, 5.41) is 10.3. The normalized spacial score (nSPS) is 12.6. The number of hydrogen-bond acceptors (Lipinski definition) is 3. The molecule has 0 aliphatic carbocycles. The molecule has 112 valence electrons. The summed E-state index contributed by atoms with van der Waals surface area (Å²) < 4.78 is 0.967. The Balaban J connectivity index is 1.90. The lowest BCUT2D eigenvalue weighted by atomic mass is 10.1. The van der Waals surface area contributed by atoms with Crippen molar-refractivity contribution in [2.45, 2.75) is 26.0 Å². The number of aliphatic hydroxyl groups excluding tert-OH is 1. The molecule has 4 heteroatoms. The molecule has 0 aliphatic heterocycles. The third-order valence-electron chi connectivity index (χ3n) is 3.59. The fraction of sp³-hybridized carbons (Fsp3) is 0.353. The quantitative estimate of drug-likeness (QED) is 0.826. The second kappa shape index (κ2) is 8.27. The number of hydrogen-bond donors (Lipinski definition) is 1. The Morgan fingerprint density at radius 2 is 1.90 bits per heavy atom. The van der Waals surface area contributed by atoms with Gasteiger partial charge in [0.05, 0.1) is 6.10 Å². The summed E-state index contributed by atoms with van der Waals surface area (Å²) in [7, 11) is 0. The molecule has 1 N–H and O–H groups in total. The first-order valence-corrected chi connectivity index (χ1v) is 8.03. The molecule has 21 heavy (non-hydrogen) atoms. The van der Waals surface area contributed by atoms with Crippen LogP contribution < -0.4 is 0 Å². The third-order valence-corrected chi connectivity index (χ3v) is 4.31. The van der Waals surface area contributed by atoms with E-state index in [1.807, 2.05) is 48.8 Å². The van der Waals surface area contributed by atoms with Gasteiger partial charge in [-0.3, -0.25) is 9.88 Å². The number of halogens is 1. The lowest BCUT2D eigenvalue weighted by Crippen LogP contribution is -2.25. The van der Waals surface area contributed by atoms with Crippen LogP contribution in [0.25, 0.3) is 0 Å². The van der Waals surface area contributed by atoms with Crippen molar-refractivity contribution in [2.24, 2.45) is 0 Å². The molecule has 0 aliphatic rings. The average molecular weight is 349 g/mol. The minimum Gasteiger partial charge on any atom is -0.388 e. The van der Waals surface area contributed by atoms with Crippen LogP contribution >= 0.6 is 15.9 Å². The van der Waals surface area contributed by atoms with Crippen molar-refractivity contribution in [1.82, 2.24) is 9.88 Å². The highest BCUT2D eigenvalue weighted by atomic mass is 79.9. The van der Waals surface area contributed by atoms with E-state index in [0.717, 1.165) is 36.1 Å². The first kappa shape index (κ1) is 16.1.